The summed E-state index contributed by atoms with van der Waals surface area (Å²) in [4.78, 5) is 41.1. The first kappa shape index (κ1) is 23.8. The first-order chi connectivity index (χ1) is 15.3. The fourth-order valence-corrected chi connectivity index (χ4v) is 4.54. The van der Waals surface area contributed by atoms with Crippen LogP contribution in [0.2, 0.25) is 0 Å². The van der Waals surface area contributed by atoms with Gasteiger partial charge in [-0.2, -0.15) is 0 Å². The van der Waals surface area contributed by atoms with Crippen LogP contribution in [-0.4, -0.2) is 80.4 Å². The second-order valence-electron chi connectivity index (χ2n) is 8.82. The predicted molar refractivity (Wildman–Crippen MR) is 118 cm³/mol. The molecule has 2 heterocycles. The highest BCUT2D eigenvalue weighted by Gasteiger charge is 2.44. The second kappa shape index (κ2) is 10.2. The third-order valence-electron chi connectivity index (χ3n) is 6.34. The van der Waals surface area contributed by atoms with Gasteiger partial charge in [-0.25, -0.2) is 9.59 Å². The molecule has 1 spiro atoms. The van der Waals surface area contributed by atoms with Crippen molar-refractivity contribution < 1.29 is 28.6 Å². The Kier molecular flexibility index (Phi) is 7.60. The number of carbonyl (C=O) groups is 3. The first-order valence-electron chi connectivity index (χ1n) is 10.9. The second-order valence-corrected chi connectivity index (χ2v) is 8.82. The number of benzene rings is 1. The summed E-state index contributed by atoms with van der Waals surface area (Å²) in [6.45, 7) is 6.83. The molecule has 1 atom stereocenters. The number of hydrogen-bond acceptors (Lipinski definition) is 7. The summed E-state index contributed by atoms with van der Waals surface area (Å²) in [5.74, 6) is -0.452. The highest BCUT2D eigenvalue weighted by molar-refractivity contribution is 5.83. The number of methoxy groups -OCH3 is 1. The van der Waals surface area contributed by atoms with Crippen LogP contribution in [0.25, 0.3) is 0 Å². The van der Waals surface area contributed by atoms with Crippen LogP contribution < -0.4 is 4.90 Å². The molecule has 2 aliphatic rings. The van der Waals surface area contributed by atoms with E-state index in [4.69, 9.17) is 14.2 Å². The maximum atomic E-state index is 13.0. The van der Waals surface area contributed by atoms with E-state index in [1.54, 1.807) is 11.9 Å². The summed E-state index contributed by atoms with van der Waals surface area (Å²) in [6, 6.07) is 7.09. The standard InChI is InChI=1S/C23H33N3O6/c1-17(2)20(21(28)30-4)24(3)22(29)25-10-8-23(9-11-25)14-26(15-32-23)19-7-5-6-18(12-19)13-31-16-27/h5-7,12,16-17,20H,8-11,13-15H2,1-4H3/t20-/m0/s1. The van der Waals surface area contributed by atoms with Crippen molar-refractivity contribution in [1.29, 1.82) is 0 Å². The van der Waals surface area contributed by atoms with Crippen molar-refractivity contribution in [2.45, 2.75) is 44.9 Å². The average Bonchev–Trinajstić information content (AvgIpc) is 3.21. The van der Waals surface area contributed by atoms with Crippen LogP contribution >= 0.6 is 0 Å². The molecular formula is C23H33N3O6. The van der Waals surface area contributed by atoms with Gasteiger partial charge in [0.2, 0.25) is 0 Å². The quantitative estimate of drug-likeness (QED) is 0.468. The summed E-state index contributed by atoms with van der Waals surface area (Å²) in [7, 11) is 3.00. The van der Waals surface area contributed by atoms with Crippen molar-refractivity contribution in [2.75, 3.05) is 45.4 Å². The molecule has 1 aromatic carbocycles. The molecule has 0 N–H and O–H groups in total. The molecule has 1 aromatic rings. The van der Waals surface area contributed by atoms with E-state index in [1.165, 1.54) is 12.0 Å². The average molecular weight is 448 g/mol. The topological polar surface area (TPSA) is 88.6 Å². The summed E-state index contributed by atoms with van der Waals surface area (Å²) in [5, 5.41) is 0. The number of anilines is 1. The molecule has 2 saturated heterocycles. The number of carbonyl (C=O) groups excluding carboxylic acids is 3. The number of piperidine rings is 1. The largest absolute Gasteiger partial charge is 0.467 e. The molecule has 2 amide bonds. The van der Waals surface area contributed by atoms with Crippen LogP contribution in [0.4, 0.5) is 10.5 Å². The summed E-state index contributed by atoms with van der Waals surface area (Å²) in [6.07, 6.45) is 1.45. The molecule has 9 nitrogen and oxygen atoms in total. The zero-order valence-corrected chi connectivity index (χ0v) is 19.3. The normalized spacial score (nSPS) is 18.5. The molecule has 2 fully saturated rings. The summed E-state index contributed by atoms with van der Waals surface area (Å²) < 4.78 is 16.0. The van der Waals surface area contributed by atoms with Crippen LogP contribution in [-0.2, 0) is 30.4 Å². The number of esters is 1. The van der Waals surface area contributed by atoms with Gasteiger partial charge >= 0.3 is 12.0 Å². The number of hydrogen-bond donors (Lipinski definition) is 0. The Balaban J connectivity index is 1.59. The number of amides is 2. The third-order valence-corrected chi connectivity index (χ3v) is 6.34. The van der Waals surface area contributed by atoms with Gasteiger partial charge in [0, 0.05) is 32.4 Å². The molecule has 176 valence electrons. The molecule has 0 bridgehead atoms. The zero-order valence-electron chi connectivity index (χ0n) is 19.3. The Morgan fingerprint density at radius 2 is 2.00 bits per heavy atom. The maximum Gasteiger partial charge on any atom is 0.328 e. The van der Waals surface area contributed by atoms with Crippen molar-refractivity contribution in [3.8, 4) is 0 Å². The van der Waals surface area contributed by atoms with Crippen LogP contribution in [0, 0.1) is 5.92 Å². The van der Waals surface area contributed by atoms with Crippen molar-refractivity contribution in [3.63, 3.8) is 0 Å². The molecule has 0 aliphatic carbocycles. The minimum Gasteiger partial charge on any atom is -0.467 e. The van der Waals surface area contributed by atoms with Gasteiger partial charge in [-0.3, -0.25) is 4.79 Å². The van der Waals surface area contributed by atoms with Crippen LogP contribution in [0.3, 0.4) is 0 Å². The van der Waals surface area contributed by atoms with Crippen LogP contribution in [0.1, 0.15) is 32.3 Å². The highest BCUT2D eigenvalue weighted by atomic mass is 16.5. The van der Waals surface area contributed by atoms with E-state index in [0.717, 1.165) is 30.6 Å². The van der Waals surface area contributed by atoms with E-state index in [0.29, 0.717) is 26.3 Å². The van der Waals surface area contributed by atoms with Crippen molar-refractivity contribution in [2.24, 2.45) is 5.92 Å². The van der Waals surface area contributed by atoms with Gasteiger partial charge in [-0.15, -0.1) is 0 Å². The van der Waals surface area contributed by atoms with Crippen LogP contribution in [0.15, 0.2) is 24.3 Å². The van der Waals surface area contributed by atoms with Crippen molar-refractivity contribution in [3.05, 3.63) is 29.8 Å². The lowest BCUT2D eigenvalue weighted by Crippen LogP contribution is -2.55. The lowest BCUT2D eigenvalue weighted by molar-refractivity contribution is -0.147. The van der Waals surface area contributed by atoms with E-state index in [2.05, 4.69) is 4.90 Å². The Morgan fingerprint density at radius 1 is 1.28 bits per heavy atom. The minimum atomic E-state index is -0.614. The number of likely N-dealkylation sites (tertiary alicyclic amines) is 1. The van der Waals surface area contributed by atoms with Gasteiger partial charge in [0.05, 0.1) is 12.7 Å². The highest BCUT2D eigenvalue weighted by Crippen LogP contribution is 2.35. The Hall–Kier alpha value is -2.81. The number of ether oxygens (including phenoxy) is 3. The number of rotatable bonds is 7. The fraction of sp³-hybridized carbons (Fsp3) is 0.609. The number of urea groups is 1. The first-order valence-corrected chi connectivity index (χ1v) is 10.9. The van der Waals surface area contributed by atoms with Crippen LogP contribution in [0.5, 0.6) is 0 Å². The number of nitrogens with zero attached hydrogens (tertiary/aromatic N) is 3. The van der Waals surface area contributed by atoms with Gasteiger partial charge in [-0.1, -0.05) is 26.0 Å². The summed E-state index contributed by atoms with van der Waals surface area (Å²) >= 11 is 0. The lowest BCUT2D eigenvalue weighted by atomic mass is 9.91. The van der Waals surface area contributed by atoms with E-state index in [9.17, 15) is 14.4 Å². The molecule has 0 aromatic heterocycles. The fourth-order valence-electron chi connectivity index (χ4n) is 4.54. The molecule has 0 saturated carbocycles. The van der Waals surface area contributed by atoms with Gasteiger partial charge in [0.25, 0.3) is 6.47 Å². The van der Waals surface area contributed by atoms with E-state index in [-0.39, 0.29) is 24.2 Å². The monoisotopic (exact) mass is 447 g/mol. The van der Waals surface area contributed by atoms with E-state index < -0.39 is 12.0 Å². The van der Waals surface area contributed by atoms with Gasteiger partial charge in [0.1, 0.15) is 19.4 Å². The third kappa shape index (κ3) is 5.15. The van der Waals surface area contributed by atoms with Crippen molar-refractivity contribution >= 4 is 24.2 Å². The lowest BCUT2D eigenvalue weighted by Gasteiger charge is -2.41. The Morgan fingerprint density at radius 3 is 2.62 bits per heavy atom. The Labute approximate surface area is 189 Å². The van der Waals surface area contributed by atoms with Gasteiger partial charge in [0.15, 0.2) is 0 Å². The molecule has 0 unspecified atom stereocenters. The molecule has 0 radical (unpaired) electrons. The van der Waals surface area contributed by atoms with E-state index in [1.807, 2.05) is 38.1 Å². The summed E-state index contributed by atoms with van der Waals surface area (Å²) in [5.41, 5.74) is 1.64. The maximum absolute atomic E-state index is 13.0. The SMILES string of the molecule is COC(=O)[C@H](C(C)C)N(C)C(=O)N1CCC2(CC1)CN(c1cccc(COC=O)c1)CO2. The predicted octanol–water partition coefficient (Wildman–Crippen LogP) is 2.24. The Bertz CT molecular complexity index is 822. The zero-order chi connectivity index (χ0) is 23.3. The van der Waals surface area contributed by atoms with Crippen molar-refractivity contribution in [1.82, 2.24) is 9.80 Å². The molecular weight excluding hydrogens is 414 g/mol. The molecule has 2 aliphatic heterocycles. The number of likely N-dealkylation sites (N-methyl/N-ethyl adjacent to an activating group) is 1. The van der Waals surface area contributed by atoms with Gasteiger partial charge in [-0.05, 0) is 36.5 Å². The molecule has 9 heteroatoms. The smallest absolute Gasteiger partial charge is 0.328 e. The van der Waals surface area contributed by atoms with Gasteiger partial charge < -0.3 is 28.9 Å². The minimum absolute atomic E-state index is 0.0491. The molecule has 3 rings (SSSR count). The molecule has 32 heavy (non-hydrogen) atoms. The van der Waals surface area contributed by atoms with E-state index >= 15 is 0 Å².